The smallest absolute Gasteiger partial charge is 0.00162 e. The lowest BCUT2D eigenvalue weighted by Crippen LogP contribution is -2.30. The van der Waals surface area contributed by atoms with Gasteiger partial charge < -0.3 is 10.6 Å². The minimum Gasteiger partial charge on any atom is -0.330 e. The summed E-state index contributed by atoms with van der Waals surface area (Å²) in [5.74, 6) is 0. The molecule has 12 heavy (non-hydrogen) atoms. The lowest BCUT2D eigenvalue weighted by Gasteiger charge is -2.25. The topological polar surface area (TPSA) is 29.3 Å². The first-order valence-electron chi connectivity index (χ1n) is 4.90. The maximum atomic E-state index is 5.65. The third-order valence-corrected chi connectivity index (χ3v) is 2.33. The van der Waals surface area contributed by atoms with Crippen LogP contribution in [0.5, 0.6) is 0 Å². The minimum absolute atomic E-state index is 0.308. The average Bonchev–Trinajstić information content (AvgIpc) is 2.02. The van der Waals surface area contributed by atoms with Gasteiger partial charge in [0.05, 0.1) is 0 Å². The Morgan fingerprint density at radius 3 is 2.25 bits per heavy atom. The molecule has 2 N–H and O–H groups in total. The molecule has 0 bridgehead atoms. The fourth-order valence-corrected chi connectivity index (χ4v) is 1.09. The summed E-state index contributed by atoms with van der Waals surface area (Å²) in [7, 11) is 2.18. The number of rotatable bonds is 6. The highest BCUT2D eigenvalue weighted by molar-refractivity contribution is 4.70. The van der Waals surface area contributed by atoms with Crippen molar-refractivity contribution in [3.8, 4) is 0 Å². The molecule has 0 amide bonds. The lowest BCUT2D eigenvalue weighted by atomic mass is 9.89. The molecule has 0 atom stereocenters. The van der Waals surface area contributed by atoms with Crippen LogP contribution in [0.3, 0.4) is 0 Å². The Bertz CT molecular complexity index is 110. The molecule has 0 unspecified atom stereocenters. The second-order valence-corrected chi connectivity index (χ2v) is 4.42. The van der Waals surface area contributed by atoms with Gasteiger partial charge in [0, 0.05) is 0 Å². The molecule has 0 rings (SSSR count). The molecule has 0 aliphatic heterocycles. The highest BCUT2D eigenvalue weighted by Gasteiger charge is 2.15. The SMILES string of the molecule is CCCN(C)CCC(C)(C)CN. The Morgan fingerprint density at radius 1 is 1.25 bits per heavy atom. The van der Waals surface area contributed by atoms with Crippen LogP contribution in [0.15, 0.2) is 0 Å². The summed E-state index contributed by atoms with van der Waals surface area (Å²) >= 11 is 0. The Hall–Kier alpha value is -0.0800. The molecule has 0 fully saturated rings. The number of hydrogen-bond donors (Lipinski definition) is 1. The van der Waals surface area contributed by atoms with Gasteiger partial charge in [-0.25, -0.2) is 0 Å². The van der Waals surface area contributed by atoms with E-state index in [9.17, 15) is 0 Å². The predicted molar refractivity (Wildman–Crippen MR) is 55.2 cm³/mol. The standard InChI is InChI=1S/C10H24N2/c1-5-7-12(4)8-6-10(2,3)9-11/h5-9,11H2,1-4H3. The fraction of sp³-hybridized carbons (Fsp3) is 1.00. The van der Waals surface area contributed by atoms with Gasteiger partial charge in [-0.3, -0.25) is 0 Å². The molecule has 0 aromatic heterocycles. The Kier molecular flexibility index (Phi) is 5.51. The molecule has 0 spiro atoms. The lowest BCUT2D eigenvalue weighted by molar-refractivity contribution is 0.254. The van der Waals surface area contributed by atoms with E-state index in [1.165, 1.54) is 19.4 Å². The summed E-state index contributed by atoms with van der Waals surface area (Å²) in [5, 5.41) is 0. The van der Waals surface area contributed by atoms with Crippen LogP contribution in [0.4, 0.5) is 0 Å². The Morgan fingerprint density at radius 2 is 1.83 bits per heavy atom. The van der Waals surface area contributed by atoms with Gasteiger partial charge in [-0.1, -0.05) is 20.8 Å². The van der Waals surface area contributed by atoms with E-state index in [2.05, 4.69) is 32.7 Å². The Labute approximate surface area is 77.1 Å². The zero-order chi connectivity index (χ0) is 9.61. The van der Waals surface area contributed by atoms with E-state index in [-0.39, 0.29) is 0 Å². The predicted octanol–water partition coefficient (Wildman–Crippen LogP) is 1.70. The molecule has 0 radical (unpaired) electrons. The van der Waals surface area contributed by atoms with Crippen LogP contribution >= 0.6 is 0 Å². The van der Waals surface area contributed by atoms with Crippen LogP contribution in [0.1, 0.15) is 33.6 Å². The van der Waals surface area contributed by atoms with Crippen molar-refractivity contribution < 1.29 is 0 Å². The summed E-state index contributed by atoms with van der Waals surface area (Å²) in [6.07, 6.45) is 2.43. The monoisotopic (exact) mass is 172 g/mol. The van der Waals surface area contributed by atoms with Crippen molar-refractivity contribution in [1.29, 1.82) is 0 Å². The van der Waals surface area contributed by atoms with Crippen LogP contribution in [0.2, 0.25) is 0 Å². The van der Waals surface area contributed by atoms with Gasteiger partial charge in [0.1, 0.15) is 0 Å². The molecular formula is C10H24N2. The third kappa shape index (κ3) is 5.56. The maximum Gasteiger partial charge on any atom is -0.00162 e. The van der Waals surface area contributed by atoms with Gasteiger partial charge in [-0.2, -0.15) is 0 Å². The molecule has 2 heteroatoms. The highest BCUT2D eigenvalue weighted by atomic mass is 15.1. The molecule has 74 valence electrons. The van der Waals surface area contributed by atoms with Gasteiger partial charge in [0.15, 0.2) is 0 Å². The van der Waals surface area contributed by atoms with Crippen LogP contribution in [-0.2, 0) is 0 Å². The van der Waals surface area contributed by atoms with Crippen molar-refractivity contribution in [2.45, 2.75) is 33.6 Å². The van der Waals surface area contributed by atoms with Crippen LogP contribution in [-0.4, -0.2) is 31.6 Å². The maximum absolute atomic E-state index is 5.65. The normalized spacial score (nSPS) is 12.5. The highest BCUT2D eigenvalue weighted by Crippen LogP contribution is 2.17. The van der Waals surface area contributed by atoms with Gasteiger partial charge in [-0.15, -0.1) is 0 Å². The third-order valence-electron chi connectivity index (χ3n) is 2.33. The molecule has 0 aliphatic carbocycles. The van der Waals surface area contributed by atoms with E-state index in [1.807, 2.05) is 0 Å². The van der Waals surface area contributed by atoms with Crippen molar-refractivity contribution in [2.75, 3.05) is 26.7 Å². The van der Waals surface area contributed by atoms with E-state index in [4.69, 9.17) is 5.73 Å². The van der Waals surface area contributed by atoms with Crippen molar-refractivity contribution in [3.05, 3.63) is 0 Å². The Balaban J connectivity index is 3.52. The second kappa shape index (κ2) is 5.55. The molecule has 0 saturated heterocycles. The van der Waals surface area contributed by atoms with Crippen LogP contribution < -0.4 is 5.73 Å². The average molecular weight is 172 g/mol. The van der Waals surface area contributed by atoms with E-state index in [1.54, 1.807) is 0 Å². The molecule has 0 saturated carbocycles. The molecule has 0 aliphatic rings. The van der Waals surface area contributed by atoms with Gasteiger partial charge >= 0.3 is 0 Å². The summed E-state index contributed by atoms with van der Waals surface area (Å²) in [5.41, 5.74) is 5.96. The molecule has 0 aromatic carbocycles. The number of nitrogens with two attached hydrogens (primary N) is 1. The van der Waals surface area contributed by atoms with Crippen molar-refractivity contribution in [2.24, 2.45) is 11.1 Å². The van der Waals surface area contributed by atoms with Crippen molar-refractivity contribution >= 4 is 0 Å². The van der Waals surface area contributed by atoms with Crippen molar-refractivity contribution in [1.82, 2.24) is 4.90 Å². The largest absolute Gasteiger partial charge is 0.330 e. The number of nitrogens with zero attached hydrogens (tertiary/aromatic N) is 1. The summed E-state index contributed by atoms with van der Waals surface area (Å²) in [4.78, 5) is 2.37. The van der Waals surface area contributed by atoms with E-state index >= 15 is 0 Å². The minimum atomic E-state index is 0.308. The van der Waals surface area contributed by atoms with E-state index < -0.39 is 0 Å². The first-order chi connectivity index (χ1) is 5.52. The summed E-state index contributed by atoms with van der Waals surface area (Å²) in [6.45, 7) is 9.82. The van der Waals surface area contributed by atoms with E-state index in [0.717, 1.165) is 13.1 Å². The molecular weight excluding hydrogens is 148 g/mol. The molecule has 0 aromatic rings. The summed E-state index contributed by atoms with van der Waals surface area (Å²) < 4.78 is 0. The van der Waals surface area contributed by atoms with Crippen molar-refractivity contribution in [3.63, 3.8) is 0 Å². The van der Waals surface area contributed by atoms with Crippen LogP contribution in [0.25, 0.3) is 0 Å². The quantitative estimate of drug-likeness (QED) is 0.661. The number of hydrogen-bond acceptors (Lipinski definition) is 2. The second-order valence-electron chi connectivity index (χ2n) is 4.42. The zero-order valence-corrected chi connectivity index (χ0v) is 9.06. The summed E-state index contributed by atoms with van der Waals surface area (Å²) in [6, 6.07) is 0. The molecule has 2 nitrogen and oxygen atoms in total. The first kappa shape index (κ1) is 11.9. The van der Waals surface area contributed by atoms with Crippen LogP contribution in [0, 0.1) is 5.41 Å². The van der Waals surface area contributed by atoms with Gasteiger partial charge in [0.25, 0.3) is 0 Å². The molecule has 0 heterocycles. The zero-order valence-electron chi connectivity index (χ0n) is 9.06. The van der Waals surface area contributed by atoms with E-state index in [0.29, 0.717) is 5.41 Å². The van der Waals surface area contributed by atoms with Gasteiger partial charge in [-0.05, 0) is 44.9 Å². The first-order valence-corrected chi connectivity index (χ1v) is 4.90. The van der Waals surface area contributed by atoms with Gasteiger partial charge in [0.2, 0.25) is 0 Å². The fourth-order valence-electron chi connectivity index (χ4n) is 1.09.